The molecule has 0 rings (SSSR count). The number of rotatable bonds is 2. The van der Waals surface area contributed by atoms with Crippen molar-refractivity contribution in [2.45, 2.75) is 20.8 Å². The Morgan fingerprint density at radius 3 is 1.92 bits per heavy atom. The van der Waals surface area contributed by atoms with Gasteiger partial charge in [-0.15, -0.1) is 0 Å². The maximum Gasteiger partial charge on any atom is 0.256 e. The summed E-state index contributed by atoms with van der Waals surface area (Å²) in [5.41, 5.74) is 0.966. The van der Waals surface area contributed by atoms with E-state index in [9.17, 15) is 9.59 Å². The number of carbonyl (C=O) groups is 2. The van der Waals surface area contributed by atoms with Crippen molar-refractivity contribution in [3.05, 3.63) is 0 Å². The summed E-state index contributed by atoms with van der Waals surface area (Å²) in [5.74, 6) is -1.98. The standard InChI is InChI=1S/C8H16N2O3/c1-8(2,3)5(6(11)9-4)7(12)10-13/h5,13H,1-4H3,(H,9,11)(H,10,12). The summed E-state index contributed by atoms with van der Waals surface area (Å²) in [6, 6.07) is 0. The summed E-state index contributed by atoms with van der Waals surface area (Å²) in [6.07, 6.45) is 0. The van der Waals surface area contributed by atoms with Crippen molar-refractivity contribution in [3.8, 4) is 0 Å². The van der Waals surface area contributed by atoms with E-state index in [2.05, 4.69) is 5.32 Å². The molecule has 0 aliphatic heterocycles. The zero-order valence-electron chi connectivity index (χ0n) is 8.34. The number of nitrogens with one attached hydrogen (secondary N) is 2. The topological polar surface area (TPSA) is 78.4 Å². The molecule has 0 aromatic rings. The Hall–Kier alpha value is -1.10. The molecule has 0 spiro atoms. The molecular formula is C8H16N2O3. The second kappa shape index (κ2) is 4.23. The van der Waals surface area contributed by atoms with Crippen molar-refractivity contribution < 1.29 is 14.8 Å². The van der Waals surface area contributed by atoms with Crippen LogP contribution in [0.1, 0.15) is 20.8 Å². The van der Waals surface area contributed by atoms with Crippen LogP contribution in [0.4, 0.5) is 0 Å². The number of hydrogen-bond acceptors (Lipinski definition) is 3. The second-order valence-electron chi connectivity index (χ2n) is 3.89. The predicted molar refractivity (Wildman–Crippen MR) is 46.9 cm³/mol. The van der Waals surface area contributed by atoms with Crippen LogP contribution in [-0.2, 0) is 9.59 Å². The van der Waals surface area contributed by atoms with Crippen molar-refractivity contribution in [1.82, 2.24) is 10.8 Å². The van der Waals surface area contributed by atoms with Crippen LogP contribution in [0, 0.1) is 11.3 Å². The largest absolute Gasteiger partial charge is 0.358 e. The summed E-state index contributed by atoms with van der Waals surface area (Å²) in [5, 5.41) is 10.8. The van der Waals surface area contributed by atoms with Gasteiger partial charge in [0.15, 0.2) is 0 Å². The molecule has 76 valence electrons. The smallest absolute Gasteiger partial charge is 0.256 e. The number of carbonyl (C=O) groups excluding carboxylic acids is 2. The Bertz CT molecular complexity index is 192. The number of amides is 2. The van der Waals surface area contributed by atoms with Crippen molar-refractivity contribution in [2.75, 3.05) is 7.05 Å². The van der Waals surface area contributed by atoms with Crippen LogP contribution in [-0.4, -0.2) is 24.1 Å². The second-order valence-corrected chi connectivity index (χ2v) is 3.89. The summed E-state index contributed by atoms with van der Waals surface area (Å²) in [7, 11) is 1.45. The van der Waals surface area contributed by atoms with Crippen LogP contribution in [0.2, 0.25) is 0 Å². The Balaban J connectivity index is 4.76. The van der Waals surface area contributed by atoms with E-state index in [-0.39, 0.29) is 0 Å². The number of hydroxylamine groups is 1. The molecule has 0 aromatic heterocycles. The minimum absolute atomic E-state index is 0.404. The fraction of sp³-hybridized carbons (Fsp3) is 0.750. The molecule has 0 bridgehead atoms. The molecule has 1 unspecified atom stereocenters. The van der Waals surface area contributed by atoms with Crippen LogP contribution in [0.15, 0.2) is 0 Å². The van der Waals surface area contributed by atoms with Gasteiger partial charge >= 0.3 is 0 Å². The van der Waals surface area contributed by atoms with Gasteiger partial charge in [0.25, 0.3) is 5.91 Å². The molecule has 5 heteroatoms. The number of hydrogen-bond donors (Lipinski definition) is 3. The Kier molecular flexibility index (Phi) is 3.87. The molecular weight excluding hydrogens is 172 g/mol. The van der Waals surface area contributed by atoms with Gasteiger partial charge in [0.2, 0.25) is 5.91 Å². The van der Waals surface area contributed by atoms with Gasteiger partial charge in [0.1, 0.15) is 5.92 Å². The average Bonchev–Trinajstić information content (AvgIpc) is 2.01. The first-order valence-corrected chi connectivity index (χ1v) is 4.00. The van der Waals surface area contributed by atoms with Gasteiger partial charge in [0, 0.05) is 7.05 Å². The lowest BCUT2D eigenvalue weighted by atomic mass is 9.79. The molecule has 0 heterocycles. The van der Waals surface area contributed by atoms with E-state index < -0.39 is 23.1 Å². The monoisotopic (exact) mass is 188 g/mol. The third-order valence-electron chi connectivity index (χ3n) is 1.75. The molecule has 1 atom stereocenters. The maximum atomic E-state index is 11.3. The predicted octanol–water partition coefficient (Wildman–Crippen LogP) is -0.0999. The van der Waals surface area contributed by atoms with Crippen molar-refractivity contribution in [2.24, 2.45) is 11.3 Å². The van der Waals surface area contributed by atoms with Gasteiger partial charge in [-0.25, -0.2) is 5.48 Å². The molecule has 5 nitrogen and oxygen atoms in total. The summed E-state index contributed by atoms with van der Waals surface area (Å²) < 4.78 is 0. The van der Waals surface area contributed by atoms with Crippen LogP contribution in [0.25, 0.3) is 0 Å². The van der Waals surface area contributed by atoms with Gasteiger partial charge in [-0.05, 0) is 5.41 Å². The van der Waals surface area contributed by atoms with Crippen molar-refractivity contribution in [3.63, 3.8) is 0 Å². The van der Waals surface area contributed by atoms with E-state index in [0.29, 0.717) is 0 Å². The SMILES string of the molecule is CNC(=O)C(C(=O)NO)C(C)(C)C. The molecule has 0 aliphatic rings. The molecule has 0 fully saturated rings. The van der Waals surface area contributed by atoms with E-state index in [1.165, 1.54) is 12.5 Å². The van der Waals surface area contributed by atoms with Crippen LogP contribution in [0.3, 0.4) is 0 Å². The molecule has 0 aliphatic carbocycles. The first-order chi connectivity index (χ1) is 5.84. The van der Waals surface area contributed by atoms with Gasteiger partial charge in [-0.3, -0.25) is 14.8 Å². The first-order valence-electron chi connectivity index (χ1n) is 4.00. The lowest BCUT2D eigenvalue weighted by molar-refractivity contribution is -0.144. The van der Waals surface area contributed by atoms with Crippen LogP contribution in [0.5, 0.6) is 0 Å². The summed E-state index contributed by atoms with van der Waals surface area (Å²) >= 11 is 0. The fourth-order valence-corrected chi connectivity index (χ4v) is 1.11. The molecule has 13 heavy (non-hydrogen) atoms. The zero-order valence-corrected chi connectivity index (χ0v) is 8.34. The van der Waals surface area contributed by atoms with E-state index in [4.69, 9.17) is 5.21 Å². The van der Waals surface area contributed by atoms with E-state index in [1.807, 2.05) is 0 Å². The molecule has 0 radical (unpaired) electrons. The van der Waals surface area contributed by atoms with Gasteiger partial charge in [-0.1, -0.05) is 20.8 Å². The third-order valence-corrected chi connectivity index (χ3v) is 1.75. The van der Waals surface area contributed by atoms with E-state index in [1.54, 1.807) is 20.8 Å². The highest BCUT2D eigenvalue weighted by Gasteiger charge is 2.36. The molecule has 0 saturated heterocycles. The van der Waals surface area contributed by atoms with Crippen LogP contribution < -0.4 is 10.8 Å². The summed E-state index contributed by atoms with van der Waals surface area (Å²) in [4.78, 5) is 22.4. The maximum absolute atomic E-state index is 11.3. The molecule has 3 N–H and O–H groups in total. The zero-order chi connectivity index (χ0) is 10.6. The van der Waals surface area contributed by atoms with Crippen LogP contribution >= 0.6 is 0 Å². The quantitative estimate of drug-likeness (QED) is 0.321. The van der Waals surface area contributed by atoms with Crippen molar-refractivity contribution in [1.29, 1.82) is 0 Å². The molecule has 0 aromatic carbocycles. The van der Waals surface area contributed by atoms with E-state index >= 15 is 0 Å². The highest BCUT2D eigenvalue weighted by Crippen LogP contribution is 2.25. The van der Waals surface area contributed by atoms with Gasteiger partial charge in [0.05, 0.1) is 0 Å². The summed E-state index contributed by atoms with van der Waals surface area (Å²) in [6.45, 7) is 5.26. The molecule has 2 amide bonds. The van der Waals surface area contributed by atoms with Gasteiger partial charge in [-0.2, -0.15) is 0 Å². The Morgan fingerprint density at radius 1 is 1.23 bits per heavy atom. The van der Waals surface area contributed by atoms with Gasteiger partial charge < -0.3 is 5.32 Å². The normalized spacial score (nSPS) is 13.3. The minimum atomic E-state index is -0.887. The van der Waals surface area contributed by atoms with E-state index in [0.717, 1.165) is 0 Å². The average molecular weight is 188 g/mol. The van der Waals surface area contributed by atoms with Crippen molar-refractivity contribution >= 4 is 11.8 Å². The lowest BCUT2D eigenvalue weighted by Crippen LogP contribution is -2.45. The first kappa shape index (κ1) is 11.9. The Morgan fingerprint density at radius 2 is 1.69 bits per heavy atom. The fourth-order valence-electron chi connectivity index (χ4n) is 1.11. The third kappa shape index (κ3) is 3.02. The molecule has 0 saturated carbocycles. The highest BCUT2D eigenvalue weighted by molar-refractivity contribution is 6.00. The highest BCUT2D eigenvalue weighted by atomic mass is 16.5. The Labute approximate surface area is 77.5 Å². The lowest BCUT2D eigenvalue weighted by Gasteiger charge is -2.26. The minimum Gasteiger partial charge on any atom is -0.358 e.